The normalized spacial score (nSPS) is 12.8. The molecule has 0 aliphatic heterocycles. The molecule has 0 unspecified atom stereocenters. The zero-order valence-corrected chi connectivity index (χ0v) is 16.9. The quantitative estimate of drug-likeness (QED) is 0.436. The fourth-order valence-electron chi connectivity index (χ4n) is 3.18. The van der Waals surface area contributed by atoms with Crippen LogP contribution in [0.15, 0.2) is 66.9 Å². The van der Waals surface area contributed by atoms with Gasteiger partial charge in [0.25, 0.3) is 0 Å². The van der Waals surface area contributed by atoms with Crippen LogP contribution in [-0.4, -0.2) is 27.2 Å². The number of hydrogen-bond donors (Lipinski definition) is 2. The fourth-order valence-corrected chi connectivity index (χ4v) is 3.18. The van der Waals surface area contributed by atoms with E-state index in [1.165, 1.54) is 12.1 Å². The lowest BCUT2D eigenvalue weighted by molar-refractivity contribution is 0.296. The van der Waals surface area contributed by atoms with Crippen LogP contribution in [0.4, 0.5) is 10.2 Å². The van der Waals surface area contributed by atoms with E-state index in [1.54, 1.807) is 16.8 Å². The SMILES string of the molecule is C.C[C@@H](N)COc1ccc(-c2cnc3ccc(N[C@H](C)c4cccc(F)c4)nn23)cc1. The van der Waals surface area contributed by atoms with Crippen LogP contribution in [0.3, 0.4) is 0 Å². The maximum atomic E-state index is 13.5. The molecule has 162 valence electrons. The van der Waals surface area contributed by atoms with Gasteiger partial charge in [-0.05, 0) is 67.9 Å². The average molecular weight is 422 g/mol. The number of rotatable bonds is 7. The van der Waals surface area contributed by atoms with Gasteiger partial charge in [-0.25, -0.2) is 13.9 Å². The molecule has 0 aliphatic carbocycles. The van der Waals surface area contributed by atoms with E-state index in [0.717, 1.165) is 28.2 Å². The number of aromatic nitrogens is 3. The Hall–Kier alpha value is -3.45. The molecule has 0 amide bonds. The molecule has 0 bridgehead atoms. The van der Waals surface area contributed by atoms with Crippen molar-refractivity contribution in [1.82, 2.24) is 14.6 Å². The minimum Gasteiger partial charge on any atom is -0.492 e. The van der Waals surface area contributed by atoms with Crippen LogP contribution in [0.1, 0.15) is 32.9 Å². The van der Waals surface area contributed by atoms with Gasteiger partial charge in [-0.3, -0.25) is 0 Å². The van der Waals surface area contributed by atoms with E-state index in [0.29, 0.717) is 12.4 Å². The molecule has 7 heteroatoms. The van der Waals surface area contributed by atoms with Crippen molar-refractivity contribution in [3.8, 4) is 17.0 Å². The first kappa shape index (κ1) is 22.2. The summed E-state index contributed by atoms with van der Waals surface area (Å²) >= 11 is 0. The van der Waals surface area contributed by atoms with Crippen molar-refractivity contribution in [2.24, 2.45) is 5.73 Å². The van der Waals surface area contributed by atoms with Crippen molar-refractivity contribution in [3.63, 3.8) is 0 Å². The summed E-state index contributed by atoms with van der Waals surface area (Å²) in [5, 5.41) is 8.01. The second-order valence-corrected chi connectivity index (χ2v) is 7.37. The van der Waals surface area contributed by atoms with E-state index in [-0.39, 0.29) is 25.3 Å². The lowest BCUT2D eigenvalue weighted by Crippen LogP contribution is -2.23. The van der Waals surface area contributed by atoms with Gasteiger partial charge in [0, 0.05) is 11.6 Å². The van der Waals surface area contributed by atoms with Gasteiger partial charge in [0.15, 0.2) is 5.65 Å². The number of nitrogens with one attached hydrogen (secondary N) is 1. The number of hydrogen-bond acceptors (Lipinski definition) is 5. The number of imidazole rings is 1. The van der Waals surface area contributed by atoms with Crippen molar-refractivity contribution >= 4 is 11.5 Å². The smallest absolute Gasteiger partial charge is 0.154 e. The molecule has 3 N–H and O–H groups in total. The molecule has 0 spiro atoms. The number of ether oxygens (including phenoxy) is 1. The lowest BCUT2D eigenvalue weighted by atomic mass is 10.1. The molecule has 2 heterocycles. The number of nitrogens with zero attached hydrogens (tertiary/aromatic N) is 3. The Labute approximate surface area is 181 Å². The van der Waals surface area contributed by atoms with Crippen LogP contribution in [-0.2, 0) is 0 Å². The molecule has 4 rings (SSSR count). The first-order valence-electron chi connectivity index (χ1n) is 9.85. The minimum atomic E-state index is -0.255. The molecule has 2 aromatic heterocycles. The number of fused-ring (bicyclic) bond motifs is 1. The molecule has 0 fully saturated rings. The summed E-state index contributed by atoms with van der Waals surface area (Å²) in [6, 6.07) is 18.0. The standard InChI is InChI=1S/C23H24FN5O.CH4/c1-15(25)14-30-20-8-6-17(7-9-20)21-13-26-23-11-10-22(28-29(21)23)27-16(2)18-4-3-5-19(24)12-18;/h3-13,15-16H,14,25H2,1-2H3,(H,27,28);1H4/t15-,16-;/m1./s1. The maximum absolute atomic E-state index is 13.5. The predicted octanol–water partition coefficient (Wildman–Crippen LogP) is 5.07. The Morgan fingerprint density at radius 2 is 1.87 bits per heavy atom. The fraction of sp³-hybridized carbons (Fsp3) is 0.250. The highest BCUT2D eigenvalue weighted by Gasteiger charge is 2.11. The highest BCUT2D eigenvalue weighted by atomic mass is 19.1. The molecule has 0 radical (unpaired) electrons. The van der Waals surface area contributed by atoms with Crippen LogP contribution < -0.4 is 15.8 Å². The minimum absolute atomic E-state index is 0. The third kappa shape index (κ3) is 5.19. The van der Waals surface area contributed by atoms with Gasteiger partial charge < -0.3 is 15.8 Å². The first-order valence-corrected chi connectivity index (χ1v) is 9.85. The lowest BCUT2D eigenvalue weighted by Gasteiger charge is -2.15. The highest BCUT2D eigenvalue weighted by molar-refractivity contribution is 5.64. The monoisotopic (exact) mass is 421 g/mol. The van der Waals surface area contributed by atoms with Crippen molar-refractivity contribution < 1.29 is 9.13 Å². The Morgan fingerprint density at radius 1 is 1.10 bits per heavy atom. The molecule has 0 saturated heterocycles. The Bertz CT molecular complexity index is 1140. The molecule has 0 saturated carbocycles. The largest absolute Gasteiger partial charge is 0.492 e. The van der Waals surface area contributed by atoms with Gasteiger partial charge in [0.2, 0.25) is 0 Å². The van der Waals surface area contributed by atoms with Gasteiger partial charge in [-0.2, -0.15) is 0 Å². The molecule has 2 aromatic carbocycles. The van der Waals surface area contributed by atoms with E-state index in [9.17, 15) is 4.39 Å². The highest BCUT2D eigenvalue weighted by Crippen LogP contribution is 2.25. The molecule has 4 aromatic rings. The van der Waals surface area contributed by atoms with Crippen LogP contribution in [0.2, 0.25) is 0 Å². The third-order valence-corrected chi connectivity index (χ3v) is 4.74. The zero-order valence-electron chi connectivity index (χ0n) is 16.9. The number of benzene rings is 2. The van der Waals surface area contributed by atoms with E-state index in [1.807, 2.05) is 56.3 Å². The average Bonchev–Trinajstić information content (AvgIpc) is 3.16. The molecule has 31 heavy (non-hydrogen) atoms. The molecular formula is C24H28FN5O. The summed E-state index contributed by atoms with van der Waals surface area (Å²) in [6.07, 6.45) is 1.79. The summed E-state index contributed by atoms with van der Waals surface area (Å²) in [5.41, 5.74) is 9.16. The van der Waals surface area contributed by atoms with E-state index < -0.39 is 0 Å². The topological polar surface area (TPSA) is 77.5 Å². The summed E-state index contributed by atoms with van der Waals surface area (Å²) < 4.78 is 20.9. The maximum Gasteiger partial charge on any atom is 0.154 e. The first-order chi connectivity index (χ1) is 14.5. The molecular weight excluding hydrogens is 393 g/mol. The molecule has 6 nitrogen and oxygen atoms in total. The number of halogens is 1. The van der Waals surface area contributed by atoms with Crippen LogP contribution in [0, 0.1) is 5.82 Å². The van der Waals surface area contributed by atoms with Crippen LogP contribution in [0.25, 0.3) is 16.9 Å². The number of nitrogens with two attached hydrogens (primary N) is 1. The Balaban J connectivity index is 0.00000272. The van der Waals surface area contributed by atoms with Crippen molar-refractivity contribution in [3.05, 3.63) is 78.2 Å². The summed E-state index contributed by atoms with van der Waals surface area (Å²) in [7, 11) is 0. The van der Waals surface area contributed by atoms with E-state index >= 15 is 0 Å². The van der Waals surface area contributed by atoms with E-state index in [4.69, 9.17) is 10.5 Å². The van der Waals surface area contributed by atoms with Crippen molar-refractivity contribution in [2.75, 3.05) is 11.9 Å². The number of anilines is 1. The summed E-state index contributed by atoms with van der Waals surface area (Å²) in [4.78, 5) is 4.44. The van der Waals surface area contributed by atoms with Gasteiger partial charge >= 0.3 is 0 Å². The summed E-state index contributed by atoms with van der Waals surface area (Å²) in [6.45, 7) is 4.34. The third-order valence-electron chi connectivity index (χ3n) is 4.74. The van der Waals surface area contributed by atoms with Crippen molar-refractivity contribution in [1.29, 1.82) is 0 Å². The second-order valence-electron chi connectivity index (χ2n) is 7.37. The van der Waals surface area contributed by atoms with E-state index in [2.05, 4.69) is 15.4 Å². The Kier molecular flexibility index (Phi) is 6.87. The predicted molar refractivity (Wildman–Crippen MR) is 123 cm³/mol. The van der Waals surface area contributed by atoms with Gasteiger partial charge in [-0.15, -0.1) is 5.10 Å². The van der Waals surface area contributed by atoms with Crippen LogP contribution in [0.5, 0.6) is 5.75 Å². The second kappa shape index (κ2) is 9.57. The van der Waals surface area contributed by atoms with Gasteiger partial charge in [0.1, 0.15) is 24.0 Å². The molecule has 0 aliphatic rings. The summed E-state index contributed by atoms with van der Waals surface area (Å²) in [5.74, 6) is 1.19. The zero-order chi connectivity index (χ0) is 21.1. The Morgan fingerprint density at radius 3 is 2.58 bits per heavy atom. The molecule has 2 atom stereocenters. The van der Waals surface area contributed by atoms with Gasteiger partial charge in [0.05, 0.1) is 17.9 Å². The van der Waals surface area contributed by atoms with Crippen molar-refractivity contribution in [2.45, 2.75) is 33.4 Å². The van der Waals surface area contributed by atoms with Crippen LogP contribution >= 0.6 is 0 Å². The van der Waals surface area contributed by atoms with Gasteiger partial charge in [-0.1, -0.05) is 19.6 Å².